The third-order valence-corrected chi connectivity index (χ3v) is 4.69. The lowest BCUT2D eigenvalue weighted by Gasteiger charge is -2.37. The fraction of sp³-hybridized carbons (Fsp3) is 0.600. The minimum Gasteiger partial charge on any atom is -0.393 e. The summed E-state index contributed by atoms with van der Waals surface area (Å²) in [4.78, 5) is 15.3. The first kappa shape index (κ1) is 14.1. The van der Waals surface area contributed by atoms with Gasteiger partial charge in [-0.1, -0.05) is 0 Å². The second kappa shape index (κ2) is 5.89. The minimum atomic E-state index is -0.432. The van der Waals surface area contributed by atoms with Crippen LogP contribution in [0.15, 0.2) is 18.2 Å². The number of nitrogens with zero attached hydrogens (tertiary/aromatic N) is 3. The third kappa shape index (κ3) is 2.95. The van der Waals surface area contributed by atoms with E-state index >= 15 is 0 Å². The molecule has 2 aliphatic heterocycles. The summed E-state index contributed by atoms with van der Waals surface area (Å²) in [5.74, 6) is 0. The maximum Gasteiger partial charge on any atom is 0.292 e. The van der Waals surface area contributed by atoms with Gasteiger partial charge in [-0.2, -0.15) is 0 Å². The van der Waals surface area contributed by atoms with E-state index in [1.54, 1.807) is 6.07 Å². The molecule has 6 nitrogen and oxygen atoms in total. The van der Waals surface area contributed by atoms with Crippen LogP contribution in [0.4, 0.5) is 17.1 Å². The second-order valence-corrected chi connectivity index (χ2v) is 5.96. The molecule has 21 heavy (non-hydrogen) atoms. The highest BCUT2D eigenvalue weighted by atomic mass is 16.6. The monoisotopic (exact) mass is 290 g/mol. The van der Waals surface area contributed by atoms with Gasteiger partial charge in [0.25, 0.3) is 5.69 Å². The van der Waals surface area contributed by atoms with Gasteiger partial charge >= 0.3 is 0 Å². The van der Waals surface area contributed by atoms with Gasteiger partial charge in [0, 0.05) is 30.9 Å². The van der Waals surface area contributed by atoms with Crippen molar-refractivity contribution in [3.05, 3.63) is 28.3 Å². The maximum atomic E-state index is 10.8. The van der Waals surface area contributed by atoms with Crippen molar-refractivity contribution in [3.8, 4) is 0 Å². The number of nitro groups is 1. The van der Waals surface area contributed by atoms with E-state index < -0.39 is 4.92 Å². The molecule has 0 radical (unpaired) electrons. The fourth-order valence-corrected chi connectivity index (χ4v) is 3.50. The number of rotatable bonds is 3. The lowest BCUT2D eigenvalue weighted by Crippen LogP contribution is -2.43. The van der Waals surface area contributed by atoms with E-state index in [-0.39, 0.29) is 11.4 Å². The molecule has 1 aromatic carbocycles. The van der Waals surface area contributed by atoms with Crippen LogP contribution in [0.25, 0.3) is 0 Å². The molecule has 0 aromatic heterocycles. The molecule has 2 N–H and O–H groups in total. The lowest BCUT2D eigenvalue weighted by molar-refractivity contribution is -0.383. The zero-order valence-electron chi connectivity index (χ0n) is 12.2. The van der Waals surface area contributed by atoms with Crippen molar-refractivity contribution in [1.82, 2.24) is 4.90 Å². The number of hydrogen-bond donors (Lipinski definition) is 1. The van der Waals surface area contributed by atoms with Crippen LogP contribution in [0.1, 0.15) is 25.7 Å². The van der Waals surface area contributed by atoms with Gasteiger partial charge in [-0.05, 0) is 50.9 Å². The summed E-state index contributed by atoms with van der Waals surface area (Å²) in [6.07, 6.45) is 4.99. The first-order valence-electron chi connectivity index (χ1n) is 7.68. The molecule has 114 valence electrons. The number of nitrogen functional groups attached to an aromatic ring is 1. The van der Waals surface area contributed by atoms with E-state index in [2.05, 4.69) is 9.80 Å². The van der Waals surface area contributed by atoms with E-state index in [1.165, 1.54) is 32.0 Å². The molecule has 2 saturated heterocycles. The summed E-state index contributed by atoms with van der Waals surface area (Å²) in [7, 11) is 0. The van der Waals surface area contributed by atoms with Crippen molar-refractivity contribution in [1.29, 1.82) is 0 Å². The summed E-state index contributed by atoms with van der Waals surface area (Å²) >= 11 is 0. The number of likely N-dealkylation sites (tertiary alicyclic amines) is 1. The third-order valence-electron chi connectivity index (χ3n) is 4.69. The van der Waals surface area contributed by atoms with Crippen molar-refractivity contribution < 1.29 is 4.92 Å². The molecule has 0 aliphatic carbocycles. The predicted molar refractivity (Wildman–Crippen MR) is 83.6 cm³/mol. The molecule has 0 bridgehead atoms. The van der Waals surface area contributed by atoms with Crippen LogP contribution in [0.2, 0.25) is 0 Å². The smallest absolute Gasteiger partial charge is 0.292 e. The SMILES string of the molecule is Nc1cc(N2CCC(N3CCCC3)CC2)ccc1[N+](=O)[O-]. The quantitative estimate of drug-likeness (QED) is 0.525. The van der Waals surface area contributed by atoms with E-state index in [9.17, 15) is 10.1 Å². The predicted octanol–water partition coefficient (Wildman–Crippen LogP) is 2.24. The first-order valence-corrected chi connectivity index (χ1v) is 7.68. The Morgan fingerprint density at radius 1 is 1.14 bits per heavy atom. The number of piperidine rings is 1. The van der Waals surface area contributed by atoms with Crippen LogP contribution in [0.3, 0.4) is 0 Å². The summed E-state index contributed by atoms with van der Waals surface area (Å²) in [6, 6.07) is 5.76. The summed E-state index contributed by atoms with van der Waals surface area (Å²) in [5, 5.41) is 10.8. The molecule has 2 heterocycles. The van der Waals surface area contributed by atoms with Crippen molar-refractivity contribution in [2.75, 3.05) is 36.8 Å². The van der Waals surface area contributed by atoms with Crippen molar-refractivity contribution in [3.63, 3.8) is 0 Å². The van der Waals surface area contributed by atoms with Gasteiger partial charge in [-0.15, -0.1) is 0 Å². The molecular formula is C15H22N4O2. The molecule has 2 aliphatic rings. The molecule has 6 heteroatoms. The molecule has 0 unspecified atom stereocenters. The van der Waals surface area contributed by atoms with Gasteiger partial charge in [-0.3, -0.25) is 10.1 Å². The summed E-state index contributed by atoms with van der Waals surface area (Å²) in [6.45, 7) is 4.49. The Kier molecular flexibility index (Phi) is 3.96. The Balaban J connectivity index is 1.64. The number of nitro benzene ring substituents is 1. The maximum absolute atomic E-state index is 10.8. The zero-order valence-corrected chi connectivity index (χ0v) is 12.2. The Bertz CT molecular complexity index is 520. The number of hydrogen-bond acceptors (Lipinski definition) is 5. The first-order chi connectivity index (χ1) is 10.1. The van der Waals surface area contributed by atoms with Gasteiger partial charge in [0.15, 0.2) is 0 Å². The largest absolute Gasteiger partial charge is 0.393 e. The Morgan fingerprint density at radius 2 is 1.81 bits per heavy atom. The molecule has 2 fully saturated rings. The molecule has 0 atom stereocenters. The molecule has 1 aromatic rings. The minimum absolute atomic E-state index is 0.00861. The Labute approximate surface area is 124 Å². The summed E-state index contributed by atoms with van der Waals surface area (Å²) in [5.41, 5.74) is 7.02. The summed E-state index contributed by atoms with van der Waals surface area (Å²) < 4.78 is 0. The molecule has 0 spiro atoms. The second-order valence-electron chi connectivity index (χ2n) is 5.96. The van der Waals surface area contributed by atoms with Gasteiger partial charge in [-0.25, -0.2) is 0 Å². The van der Waals surface area contributed by atoms with E-state index in [1.807, 2.05) is 6.07 Å². The van der Waals surface area contributed by atoms with Crippen molar-refractivity contribution in [2.45, 2.75) is 31.7 Å². The lowest BCUT2D eigenvalue weighted by atomic mass is 10.0. The number of benzene rings is 1. The average molecular weight is 290 g/mol. The van der Waals surface area contributed by atoms with Gasteiger partial charge in [0.2, 0.25) is 0 Å². The van der Waals surface area contributed by atoms with Crippen LogP contribution in [0, 0.1) is 10.1 Å². The zero-order chi connectivity index (χ0) is 14.8. The van der Waals surface area contributed by atoms with Crippen LogP contribution < -0.4 is 10.6 Å². The highest BCUT2D eigenvalue weighted by Crippen LogP contribution is 2.30. The van der Waals surface area contributed by atoms with E-state index in [0.29, 0.717) is 6.04 Å². The average Bonchev–Trinajstić information content (AvgIpc) is 3.01. The van der Waals surface area contributed by atoms with Crippen molar-refractivity contribution >= 4 is 17.1 Å². The fourth-order valence-electron chi connectivity index (χ4n) is 3.50. The van der Waals surface area contributed by atoms with Gasteiger partial charge < -0.3 is 15.5 Å². The van der Waals surface area contributed by atoms with E-state index in [4.69, 9.17) is 5.73 Å². The Hall–Kier alpha value is -1.82. The van der Waals surface area contributed by atoms with Crippen LogP contribution >= 0.6 is 0 Å². The highest BCUT2D eigenvalue weighted by molar-refractivity contribution is 5.66. The van der Waals surface area contributed by atoms with Crippen LogP contribution in [-0.2, 0) is 0 Å². The van der Waals surface area contributed by atoms with E-state index in [0.717, 1.165) is 31.6 Å². The topological polar surface area (TPSA) is 75.6 Å². The van der Waals surface area contributed by atoms with Gasteiger partial charge in [0.05, 0.1) is 4.92 Å². The van der Waals surface area contributed by atoms with Crippen molar-refractivity contribution in [2.24, 2.45) is 0 Å². The van der Waals surface area contributed by atoms with Crippen LogP contribution in [0.5, 0.6) is 0 Å². The van der Waals surface area contributed by atoms with Gasteiger partial charge in [0.1, 0.15) is 5.69 Å². The number of nitrogens with two attached hydrogens (primary N) is 1. The van der Waals surface area contributed by atoms with Crippen LogP contribution in [-0.4, -0.2) is 42.0 Å². The standard InChI is InChI=1S/C15H22N4O2/c16-14-11-13(3-4-15(14)19(20)21)18-9-5-12(6-10-18)17-7-1-2-8-17/h3-4,11-12H,1-2,5-10,16H2. The molecular weight excluding hydrogens is 268 g/mol. The Morgan fingerprint density at radius 3 is 2.38 bits per heavy atom. The molecule has 0 amide bonds. The molecule has 3 rings (SSSR count). The highest BCUT2D eigenvalue weighted by Gasteiger charge is 2.26. The molecule has 0 saturated carbocycles. The normalized spacial score (nSPS) is 20.9. The number of anilines is 2.